The van der Waals surface area contributed by atoms with Gasteiger partial charge in [-0.2, -0.15) is 0 Å². The van der Waals surface area contributed by atoms with Gasteiger partial charge in [-0.15, -0.1) is 0 Å². The van der Waals surface area contributed by atoms with Gasteiger partial charge in [-0.3, -0.25) is 9.69 Å². The van der Waals surface area contributed by atoms with E-state index in [0.29, 0.717) is 19.3 Å². The maximum absolute atomic E-state index is 12.7. The van der Waals surface area contributed by atoms with Gasteiger partial charge in [0.25, 0.3) is 0 Å². The average molecular weight is 335 g/mol. The van der Waals surface area contributed by atoms with Crippen LogP contribution in [0, 0.1) is 5.41 Å². The predicted molar refractivity (Wildman–Crippen MR) is 90.4 cm³/mol. The minimum atomic E-state index is -0.330. The second-order valence-corrected chi connectivity index (χ2v) is 6.88. The van der Waals surface area contributed by atoms with E-state index in [1.54, 1.807) is 7.11 Å². The Morgan fingerprint density at radius 3 is 2.96 bits per heavy atom. The summed E-state index contributed by atoms with van der Waals surface area (Å²) in [5.41, 5.74) is -0.330. The number of methoxy groups -OCH3 is 1. The summed E-state index contributed by atoms with van der Waals surface area (Å²) in [5, 5.41) is 0. The number of fused-ring (bicyclic) bond motifs is 2. The minimum absolute atomic E-state index is 0.00701. The molecule has 24 heavy (non-hydrogen) atoms. The molecule has 2 aliphatic rings. The zero-order valence-electron chi connectivity index (χ0n) is 15.0. The largest absolute Gasteiger partial charge is 0.466 e. The van der Waals surface area contributed by atoms with Crippen molar-refractivity contribution in [3.8, 4) is 0 Å². The van der Waals surface area contributed by atoms with Crippen molar-refractivity contribution in [3.05, 3.63) is 18.2 Å². The molecule has 3 heterocycles. The van der Waals surface area contributed by atoms with E-state index in [2.05, 4.69) is 21.4 Å². The fourth-order valence-corrected chi connectivity index (χ4v) is 4.61. The molecule has 1 aromatic rings. The van der Waals surface area contributed by atoms with Crippen molar-refractivity contribution in [1.29, 1.82) is 0 Å². The molecule has 2 aliphatic heterocycles. The molecule has 0 aromatic carbocycles. The van der Waals surface area contributed by atoms with Gasteiger partial charge in [-0.05, 0) is 32.6 Å². The van der Waals surface area contributed by atoms with E-state index in [4.69, 9.17) is 9.47 Å². The van der Waals surface area contributed by atoms with Gasteiger partial charge >= 0.3 is 5.97 Å². The number of carbonyl (C=O) groups excluding carboxylic acids is 1. The Balaban J connectivity index is 1.76. The zero-order valence-corrected chi connectivity index (χ0v) is 15.0. The van der Waals surface area contributed by atoms with Gasteiger partial charge in [0.1, 0.15) is 5.82 Å². The molecule has 6 nitrogen and oxygen atoms in total. The Labute approximate surface area is 144 Å². The summed E-state index contributed by atoms with van der Waals surface area (Å²) in [6, 6.07) is 0.742. The molecule has 6 heteroatoms. The molecular formula is C18H29N3O3. The van der Waals surface area contributed by atoms with Crippen LogP contribution in [0.2, 0.25) is 0 Å². The summed E-state index contributed by atoms with van der Waals surface area (Å²) >= 11 is 0. The molecule has 0 spiro atoms. The van der Waals surface area contributed by atoms with Gasteiger partial charge in [0, 0.05) is 38.1 Å². The van der Waals surface area contributed by atoms with E-state index >= 15 is 0 Å². The Morgan fingerprint density at radius 2 is 2.25 bits per heavy atom. The Bertz CT molecular complexity index is 574. The number of rotatable bonds is 8. The van der Waals surface area contributed by atoms with Crippen LogP contribution in [-0.4, -0.2) is 52.8 Å². The molecule has 0 aliphatic carbocycles. The minimum Gasteiger partial charge on any atom is -0.466 e. The van der Waals surface area contributed by atoms with Crippen LogP contribution in [0.4, 0.5) is 0 Å². The van der Waals surface area contributed by atoms with Crippen molar-refractivity contribution in [2.24, 2.45) is 5.41 Å². The molecule has 2 fully saturated rings. The topological polar surface area (TPSA) is 56.6 Å². The van der Waals surface area contributed by atoms with Gasteiger partial charge in [0.2, 0.25) is 0 Å². The molecule has 0 amide bonds. The zero-order chi connectivity index (χ0) is 17.2. The van der Waals surface area contributed by atoms with Crippen molar-refractivity contribution in [3.63, 3.8) is 0 Å². The van der Waals surface area contributed by atoms with Crippen LogP contribution >= 0.6 is 0 Å². The first-order valence-corrected chi connectivity index (χ1v) is 9.08. The lowest BCUT2D eigenvalue weighted by Crippen LogP contribution is -2.44. The Kier molecular flexibility index (Phi) is 5.25. The summed E-state index contributed by atoms with van der Waals surface area (Å²) in [4.78, 5) is 19.7. The highest BCUT2D eigenvalue weighted by molar-refractivity contribution is 5.78. The third kappa shape index (κ3) is 2.86. The fourth-order valence-electron chi connectivity index (χ4n) is 4.61. The first-order valence-electron chi connectivity index (χ1n) is 9.08. The molecule has 0 unspecified atom stereocenters. The summed E-state index contributed by atoms with van der Waals surface area (Å²) in [5.74, 6) is 1.05. The van der Waals surface area contributed by atoms with Crippen LogP contribution in [0.15, 0.2) is 12.4 Å². The maximum atomic E-state index is 12.7. The third-order valence-corrected chi connectivity index (χ3v) is 5.86. The van der Waals surface area contributed by atoms with E-state index in [-0.39, 0.29) is 17.4 Å². The molecule has 0 radical (unpaired) electrons. The lowest BCUT2D eigenvalue weighted by molar-refractivity contribution is -0.157. The summed E-state index contributed by atoms with van der Waals surface area (Å²) in [6.07, 6.45) is 7.88. The number of esters is 1. The maximum Gasteiger partial charge on any atom is 0.313 e. The second kappa shape index (κ2) is 7.23. The van der Waals surface area contributed by atoms with Gasteiger partial charge in [-0.1, -0.05) is 6.92 Å². The van der Waals surface area contributed by atoms with Gasteiger partial charge in [0.15, 0.2) is 0 Å². The number of nitrogens with zero attached hydrogens (tertiary/aromatic N) is 3. The van der Waals surface area contributed by atoms with Crippen LogP contribution in [0.25, 0.3) is 0 Å². The molecule has 1 aromatic heterocycles. The average Bonchev–Trinajstić information content (AvgIpc) is 3.28. The number of ether oxygens (including phenoxy) is 2. The van der Waals surface area contributed by atoms with Crippen molar-refractivity contribution in [2.75, 3.05) is 20.3 Å². The highest BCUT2D eigenvalue weighted by Crippen LogP contribution is 2.52. The van der Waals surface area contributed by atoms with E-state index in [1.807, 2.05) is 19.3 Å². The Hall–Kier alpha value is -1.40. The van der Waals surface area contributed by atoms with Crippen molar-refractivity contribution in [2.45, 2.75) is 64.7 Å². The summed E-state index contributed by atoms with van der Waals surface area (Å²) < 4.78 is 12.8. The number of carbonyl (C=O) groups is 1. The van der Waals surface area contributed by atoms with E-state index in [1.165, 1.54) is 6.42 Å². The van der Waals surface area contributed by atoms with Crippen LogP contribution in [0.1, 0.15) is 45.4 Å². The van der Waals surface area contributed by atoms with Gasteiger partial charge in [0.05, 0.1) is 25.2 Å². The third-order valence-electron chi connectivity index (χ3n) is 5.86. The molecule has 2 saturated heterocycles. The molecule has 3 rings (SSSR count). The van der Waals surface area contributed by atoms with Crippen LogP contribution in [0.3, 0.4) is 0 Å². The predicted octanol–water partition coefficient (Wildman–Crippen LogP) is 2.23. The molecular weight excluding hydrogens is 306 g/mol. The van der Waals surface area contributed by atoms with Crippen LogP contribution in [0.5, 0.6) is 0 Å². The molecule has 2 bridgehead atoms. The summed E-state index contributed by atoms with van der Waals surface area (Å²) in [7, 11) is 1.71. The molecule has 0 N–H and O–H groups in total. The number of aromatic nitrogens is 2. The monoisotopic (exact) mass is 335 g/mol. The number of imidazole rings is 1. The van der Waals surface area contributed by atoms with Crippen LogP contribution < -0.4 is 0 Å². The van der Waals surface area contributed by atoms with Crippen molar-refractivity contribution >= 4 is 5.97 Å². The molecule has 3 atom stereocenters. The number of hydrogen-bond acceptors (Lipinski definition) is 5. The SMILES string of the molecule is CCOC(=O)[C@]1(CC)C[C@@H]2CC[C@H]1N2Cc1nccn1CCOC. The van der Waals surface area contributed by atoms with E-state index in [9.17, 15) is 4.79 Å². The fraction of sp³-hybridized carbons (Fsp3) is 0.778. The smallest absolute Gasteiger partial charge is 0.313 e. The first kappa shape index (κ1) is 17.4. The van der Waals surface area contributed by atoms with Gasteiger partial charge < -0.3 is 14.0 Å². The lowest BCUT2D eigenvalue weighted by Gasteiger charge is -2.34. The van der Waals surface area contributed by atoms with Crippen molar-refractivity contribution < 1.29 is 14.3 Å². The second-order valence-electron chi connectivity index (χ2n) is 6.88. The lowest BCUT2D eigenvalue weighted by atomic mass is 9.72. The Morgan fingerprint density at radius 1 is 1.42 bits per heavy atom. The normalized spacial score (nSPS) is 29.3. The van der Waals surface area contributed by atoms with E-state index in [0.717, 1.165) is 38.2 Å². The quantitative estimate of drug-likeness (QED) is 0.682. The van der Waals surface area contributed by atoms with Crippen LogP contribution in [-0.2, 0) is 27.4 Å². The van der Waals surface area contributed by atoms with Gasteiger partial charge in [-0.25, -0.2) is 4.98 Å². The number of hydrogen-bond donors (Lipinski definition) is 0. The standard InChI is InChI=1S/C18H29N3O3/c1-4-18(17(22)24-5-2)12-14-6-7-15(18)21(14)13-16-19-8-9-20(16)10-11-23-3/h8-9,14-15H,4-7,10-13H2,1-3H3/t14-,15+,18+/m0/s1. The highest BCUT2D eigenvalue weighted by Gasteiger charge is 2.59. The molecule has 134 valence electrons. The molecule has 0 saturated carbocycles. The first-order chi connectivity index (χ1) is 11.7. The van der Waals surface area contributed by atoms with E-state index < -0.39 is 0 Å². The summed E-state index contributed by atoms with van der Waals surface area (Å²) in [6.45, 7) is 6.75. The van der Waals surface area contributed by atoms with Crippen molar-refractivity contribution in [1.82, 2.24) is 14.5 Å². The highest BCUT2D eigenvalue weighted by atomic mass is 16.5.